The Balaban J connectivity index is 1.95. The van der Waals surface area contributed by atoms with E-state index in [1.54, 1.807) is 7.11 Å². The summed E-state index contributed by atoms with van der Waals surface area (Å²) in [5.41, 5.74) is 14.9. The highest BCUT2D eigenvalue weighted by atomic mass is 79.9. The van der Waals surface area contributed by atoms with Crippen molar-refractivity contribution in [3.63, 3.8) is 0 Å². The predicted molar refractivity (Wildman–Crippen MR) is 132 cm³/mol. The molecule has 0 amide bonds. The van der Waals surface area contributed by atoms with E-state index in [2.05, 4.69) is 48.0 Å². The number of nitrogens with two attached hydrogens (primary N) is 1. The zero-order valence-electron chi connectivity index (χ0n) is 17.9. The van der Waals surface area contributed by atoms with Crippen molar-refractivity contribution in [1.29, 1.82) is 0 Å². The molecule has 3 aromatic carbocycles. The first-order valence-electron chi connectivity index (χ1n) is 10.5. The van der Waals surface area contributed by atoms with Gasteiger partial charge in [-0.15, -0.1) is 0 Å². The molecule has 0 fully saturated rings. The highest BCUT2D eigenvalue weighted by molar-refractivity contribution is 9.10. The van der Waals surface area contributed by atoms with E-state index in [9.17, 15) is 0 Å². The Kier molecular flexibility index (Phi) is 7.85. The van der Waals surface area contributed by atoms with Gasteiger partial charge in [-0.2, -0.15) is 0 Å². The van der Waals surface area contributed by atoms with E-state index in [1.807, 2.05) is 30.3 Å². The molecule has 0 aliphatic carbocycles. The second kappa shape index (κ2) is 10.4. The Hall–Kier alpha value is -1.97. The van der Waals surface area contributed by atoms with Crippen LogP contribution in [0.2, 0.25) is 5.02 Å². The van der Waals surface area contributed by atoms with Gasteiger partial charge in [0.1, 0.15) is 5.75 Å². The third-order valence-corrected chi connectivity index (χ3v) is 6.62. The lowest BCUT2D eigenvalue weighted by Gasteiger charge is -2.18. The fourth-order valence-electron chi connectivity index (χ4n) is 4.18. The average molecular weight is 487 g/mol. The molecule has 0 aliphatic heterocycles. The van der Waals surface area contributed by atoms with Gasteiger partial charge >= 0.3 is 0 Å². The topological polar surface area (TPSA) is 35.2 Å². The van der Waals surface area contributed by atoms with E-state index < -0.39 is 0 Å². The van der Waals surface area contributed by atoms with E-state index >= 15 is 0 Å². The molecule has 0 spiro atoms. The van der Waals surface area contributed by atoms with Crippen LogP contribution in [0.3, 0.4) is 0 Å². The molecule has 2 nitrogen and oxygen atoms in total. The van der Waals surface area contributed by atoms with Gasteiger partial charge in [-0.05, 0) is 89.4 Å². The van der Waals surface area contributed by atoms with E-state index in [0.717, 1.165) is 53.0 Å². The Morgan fingerprint density at radius 1 is 0.867 bits per heavy atom. The first-order valence-corrected chi connectivity index (χ1v) is 11.6. The summed E-state index contributed by atoms with van der Waals surface area (Å²) in [6.07, 6.45) is 4.49. The van der Waals surface area contributed by atoms with Gasteiger partial charge in [0, 0.05) is 21.6 Å². The number of aryl methyl sites for hydroxylation is 2. The normalized spacial score (nSPS) is 11.0. The van der Waals surface area contributed by atoms with Crippen LogP contribution in [0.1, 0.15) is 47.2 Å². The van der Waals surface area contributed by atoms with Crippen molar-refractivity contribution in [3.8, 4) is 5.75 Å². The van der Waals surface area contributed by atoms with Crippen molar-refractivity contribution in [1.82, 2.24) is 0 Å². The number of hydrogen-bond acceptors (Lipinski definition) is 2. The summed E-state index contributed by atoms with van der Waals surface area (Å²) in [6.45, 7) is 4.40. The van der Waals surface area contributed by atoms with Gasteiger partial charge in [0.2, 0.25) is 0 Å². The molecule has 0 aromatic heterocycles. The van der Waals surface area contributed by atoms with Crippen molar-refractivity contribution in [2.45, 2.75) is 46.0 Å². The summed E-state index contributed by atoms with van der Waals surface area (Å²) in [4.78, 5) is 0. The molecule has 2 N–H and O–H groups in total. The lowest BCUT2D eigenvalue weighted by Crippen LogP contribution is -2.07. The Labute approximate surface area is 193 Å². The van der Waals surface area contributed by atoms with Crippen molar-refractivity contribution >= 4 is 33.2 Å². The van der Waals surface area contributed by atoms with Crippen molar-refractivity contribution in [2.75, 3.05) is 12.8 Å². The van der Waals surface area contributed by atoms with Crippen LogP contribution in [-0.2, 0) is 32.1 Å². The van der Waals surface area contributed by atoms with Crippen LogP contribution in [0.25, 0.3) is 0 Å². The Morgan fingerprint density at radius 3 is 2.37 bits per heavy atom. The van der Waals surface area contributed by atoms with Crippen LogP contribution < -0.4 is 10.5 Å². The summed E-state index contributed by atoms with van der Waals surface area (Å²) < 4.78 is 6.60. The van der Waals surface area contributed by atoms with E-state index in [1.165, 1.54) is 33.4 Å². The van der Waals surface area contributed by atoms with Crippen molar-refractivity contribution < 1.29 is 4.74 Å². The molecule has 4 heteroatoms. The maximum atomic E-state index is 6.67. The number of halogens is 2. The van der Waals surface area contributed by atoms with Crippen LogP contribution in [0.4, 0.5) is 5.69 Å². The highest BCUT2D eigenvalue weighted by Gasteiger charge is 2.15. The zero-order chi connectivity index (χ0) is 21.7. The lowest BCUT2D eigenvalue weighted by atomic mass is 9.89. The molecule has 0 unspecified atom stereocenters. The third kappa shape index (κ3) is 5.01. The molecule has 30 heavy (non-hydrogen) atoms. The van der Waals surface area contributed by atoms with E-state index in [-0.39, 0.29) is 0 Å². The Bertz CT molecular complexity index is 1030. The number of nitrogen functional groups attached to an aromatic ring is 1. The third-order valence-electron chi connectivity index (χ3n) is 5.77. The number of methoxy groups -OCH3 is 1. The quantitative estimate of drug-likeness (QED) is 0.342. The summed E-state index contributed by atoms with van der Waals surface area (Å²) in [6, 6.07) is 16.5. The number of hydrogen-bond donors (Lipinski definition) is 1. The summed E-state index contributed by atoms with van der Waals surface area (Å²) >= 11 is 10.2. The van der Waals surface area contributed by atoms with Gasteiger partial charge < -0.3 is 10.5 Å². The number of ether oxygens (including phenoxy) is 1. The minimum atomic E-state index is 0.800. The van der Waals surface area contributed by atoms with Gasteiger partial charge in [-0.3, -0.25) is 0 Å². The summed E-state index contributed by atoms with van der Waals surface area (Å²) in [7, 11) is 1.71. The fourth-order valence-corrected chi connectivity index (χ4v) is 4.88. The SMILES string of the molecule is CCc1ccc(N)c(Cc2cccc(Cl)c2CCc2cc(Br)ccc2OC)c1CC. The van der Waals surface area contributed by atoms with Gasteiger partial charge in [0.25, 0.3) is 0 Å². The summed E-state index contributed by atoms with van der Waals surface area (Å²) in [5, 5.41) is 0.810. The molecule has 0 heterocycles. The molecule has 0 bridgehead atoms. The largest absolute Gasteiger partial charge is 0.496 e. The van der Waals surface area contributed by atoms with Crippen LogP contribution >= 0.6 is 27.5 Å². The maximum absolute atomic E-state index is 6.67. The molecule has 158 valence electrons. The molecule has 0 saturated carbocycles. The molecule has 0 atom stereocenters. The summed E-state index contributed by atoms with van der Waals surface area (Å²) in [5.74, 6) is 0.903. The average Bonchev–Trinajstić information content (AvgIpc) is 2.74. The maximum Gasteiger partial charge on any atom is 0.122 e. The second-order valence-electron chi connectivity index (χ2n) is 7.49. The van der Waals surface area contributed by atoms with Crippen LogP contribution in [-0.4, -0.2) is 7.11 Å². The van der Waals surface area contributed by atoms with Crippen molar-refractivity contribution in [2.24, 2.45) is 0 Å². The molecular formula is C26H29BrClNO. The Morgan fingerprint density at radius 2 is 1.67 bits per heavy atom. The van der Waals surface area contributed by atoms with Gasteiger partial charge in [-0.25, -0.2) is 0 Å². The predicted octanol–water partition coefficient (Wildman–Crippen LogP) is 7.19. The molecule has 3 rings (SSSR count). The highest BCUT2D eigenvalue weighted by Crippen LogP contribution is 2.31. The van der Waals surface area contributed by atoms with Gasteiger partial charge in [-0.1, -0.05) is 59.6 Å². The minimum absolute atomic E-state index is 0.800. The van der Waals surface area contributed by atoms with Crippen LogP contribution in [0.15, 0.2) is 53.0 Å². The smallest absolute Gasteiger partial charge is 0.122 e. The first-order chi connectivity index (χ1) is 14.5. The first kappa shape index (κ1) is 22.7. The van der Waals surface area contributed by atoms with Gasteiger partial charge in [0.15, 0.2) is 0 Å². The minimum Gasteiger partial charge on any atom is -0.496 e. The van der Waals surface area contributed by atoms with Crippen molar-refractivity contribution in [3.05, 3.63) is 91.4 Å². The molecule has 0 aliphatic rings. The second-order valence-corrected chi connectivity index (χ2v) is 8.81. The molecule has 3 aromatic rings. The van der Waals surface area contributed by atoms with E-state index in [4.69, 9.17) is 22.1 Å². The van der Waals surface area contributed by atoms with Crippen LogP contribution in [0.5, 0.6) is 5.75 Å². The number of rotatable bonds is 8. The van der Waals surface area contributed by atoms with Gasteiger partial charge in [0.05, 0.1) is 7.11 Å². The number of anilines is 1. The zero-order valence-corrected chi connectivity index (χ0v) is 20.2. The molecule has 0 saturated heterocycles. The molecule has 0 radical (unpaired) electrons. The van der Waals surface area contributed by atoms with Crippen LogP contribution in [0, 0.1) is 0 Å². The lowest BCUT2D eigenvalue weighted by molar-refractivity contribution is 0.409. The standard InChI is InChI=1S/C26H29BrClNO/c1-4-17-10-13-25(29)23(21(17)5-2)16-18-7-6-8-24(28)22(18)12-9-19-15-20(27)11-14-26(19)30-3/h6-8,10-11,13-15H,4-5,9,12,16,29H2,1-3H3. The molecular weight excluding hydrogens is 458 g/mol. The number of benzene rings is 3. The van der Waals surface area contributed by atoms with E-state index in [0.29, 0.717) is 0 Å². The fraction of sp³-hybridized carbons (Fsp3) is 0.308. The monoisotopic (exact) mass is 485 g/mol.